The number of hydrogen-bond donors (Lipinski definition) is 2. The van der Waals surface area contributed by atoms with Crippen LogP contribution >= 0.6 is 0 Å². The predicted molar refractivity (Wildman–Crippen MR) is 170 cm³/mol. The lowest BCUT2D eigenvalue weighted by Gasteiger charge is -2.40. The van der Waals surface area contributed by atoms with Crippen LogP contribution in [-0.2, 0) is 11.3 Å². The zero-order chi connectivity index (χ0) is 29.8. The number of carboxylic acid groups (broad SMARTS) is 1. The van der Waals surface area contributed by atoms with Gasteiger partial charge in [0.1, 0.15) is 6.04 Å². The van der Waals surface area contributed by atoms with E-state index in [1.165, 1.54) is 12.0 Å². The first-order chi connectivity index (χ1) is 21.0. The van der Waals surface area contributed by atoms with Gasteiger partial charge in [0, 0.05) is 57.3 Å². The molecule has 2 saturated heterocycles. The number of nitrogens with one attached hydrogen (secondary N) is 1. The number of carbonyl (C=O) groups excluding carboxylic acids is 1. The Morgan fingerprint density at radius 1 is 0.930 bits per heavy atom. The van der Waals surface area contributed by atoms with Gasteiger partial charge >= 0.3 is 12.0 Å². The van der Waals surface area contributed by atoms with Crippen molar-refractivity contribution in [2.24, 2.45) is 17.8 Å². The van der Waals surface area contributed by atoms with Crippen molar-refractivity contribution in [1.29, 1.82) is 0 Å². The molecule has 232 valence electrons. The Morgan fingerprint density at radius 2 is 1.58 bits per heavy atom. The molecule has 2 aromatic carbocycles. The van der Waals surface area contributed by atoms with Crippen molar-refractivity contribution in [3.63, 3.8) is 0 Å². The number of carbonyl (C=O) groups is 2. The number of hydrogen-bond acceptors (Lipinski definition) is 4. The van der Waals surface area contributed by atoms with Crippen LogP contribution in [0.25, 0.3) is 0 Å². The van der Waals surface area contributed by atoms with Crippen LogP contribution in [0, 0.1) is 17.8 Å². The summed E-state index contributed by atoms with van der Waals surface area (Å²) in [5.74, 6) is 0.944. The molecule has 43 heavy (non-hydrogen) atoms. The standard InChI is InChI=1S/C36H50N4O3/c1-26-21-33(26)40(36(43)37-22-27-11-5-2-6-12-27)31-17-19-38(20-18-31)23-30-24-39(25-32(30)28-13-7-3-8-14-28)34(35(41)42)29-15-9-4-10-16-29/h2-3,5-8,11-14,26,29-34H,4,9-10,15-25H2,1H3,(H,37,43)(H,41,42)/t26?,30-,32+,33?,34+/m0/s1. The highest BCUT2D eigenvalue weighted by Crippen LogP contribution is 2.40. The summed E-state index contributed by atoms with van der Waals surface area (Å²) in [7, 11) is 0. The number of carboxylic acids is 1. The Balaban J connectivity index is 1.09. The minimum absolute atomic E-state index is 0.0784. The Morgan fingerprint density at radius 3 is 2.21 bits per heavy atom. The third-order valence-electron chi connectivity index (χ3n) is 10.8. The second-order valence-electron chi connectivity index (χ2n) is 13.8. The van der Waals surface area contributed by atoms with Crippen LogP contribution in [0.5, 0.6) is 0 Å². The van der Waals surface area contributed by atoms with E-state index in [1.54, 1.807) is 0 Å². The number of piperidine rings is 1. The van der Waals surface area contributed by atoms with Crippen molar-refractivity contribution < 1.29 is 14.7 Å². The second-order valence-corrected chi connectivity index (χ2v) is 13.8. The Kier molecular flexibility index (Phi) is 9.68. The van der Waals surface area contributed by atoms with Crippen LogP contribution in [0.2, 0.25) is 0 Å². The van der Waals surface area contributed by atoms with Crippen molar-refractivity contribution in [2.45, 2.75) is 88.9 Å². The van der Waals surface area contributed by atoms with Gasteiger partial charge in [0.15, 0.2) is 0 Å². The largest absolute Gasteiger partial charge is 0.480 e. The van der Waals surface area contributed by atoms with Crippen LogP contribution in [-0.4, -0.2) is 82.7 Å². The van der Waals surface area contributed by atoms with Gasteiger partial charge in [-0.05, 0) is 61.0 Å². The first-order valence-corrected chi connectivity index (χ1v) is 16.8. The molecule has 2 aromatic rings. The third kappa shape index (κ3) is 7.26. The van der Waals surface area contributed by atoms with Gasteiger partial charge in [0.05, 0.1) is 0 Å². The molecule has 0 radical (unpaired) electrons. The van der Waals surface area contributed by atoms with Crippen molar-refractivity contribution in [1.82, 2.24) is 20.0 Å². The van der Waals surface area contributed by atoms with Gasteiger partial charge in [-0.1, -0.05) is 86.8 Å². The molecule has 0 aromatic heterocycles. The van der Waals surface area contributed by atoms with Gasteiger partial charge in [0.2, 0.25) is 0 Å². The molecule has 2 aliphatic heterocycles. The lowest BCUT2D eigenvalue weighted by molar-refractivity contribution is -0.145. The minimum Gasteiger partial charge on any atom is -0.480 e. The normalized spacial score (nSPS) is 27.9. The molecule has 2 saturated carbocycles. The fourth-order valence-corrected chi connectivity index (χ4v) is 8.35. The predicted octanol–water partition coefficient (Wildman–Crippen LogP) is 5.82. The molecule has 7 nitrogen and oxygen atoms in total. The number of urea groups is 1. The first-order valence-electron chi connectivity index (χ1n) is 16.8. The summed E-state index contributed by atoms with van der Waals surface area (Å²) in [4.78, 5) is 33.1. The highest BCUT2D eigenvalue weighted by molar-refractivity contribution is 5.75. The summed E-state index contributed by atoms with van der Waals surface area (Å²) in [5, 5.41) is 13.6. The molecule has 2 aliphatic carbocycles. The summed E-state index contributed by atoms with van der Waals surface area (Å²) in [6.07, 6.45) is 8.71. The van der Waals surface area contributed by atoms with Crippen molar-refractivity contribution in [2.75, 3.05) is 32.7 Å². The fraction of sp³-hybridized carbons (Fsp3) is 0.611. The van der Waals surface area contributed by atoms with E-state index < -0.39 is 5.97 Å². The zero-order valence-corrected chi connectivity index (χ0v) is 25.8. The minimum atomic E-state index is -0.639. The van der Waals surface area contributed by atoms with E-state index in [4.69, 9.17) is 0 Å². The summed E-state index contributed by atoms with van der Waals surface area (Å²) in [5.41, 5.74) is 2.46. The van der Waals surface area contributed by atoms with Gasteiger partial charge in [-0.15, -0.1) is 0 Å². The molecular weight excluding hydrogens is 536 g/mol. The van der Waals surface area contributed by atoms with E-state index in [0.717, 1.165) is 83.2 Å². The van der Waals surface area contributed by atoms with E-state index in [-0.39, 0.29) is 24.0 Å². The molecule has 4 aliphatic rings. The molecule has 2 heterocycles. The number of benzene rings is 2. The lowest BCUT2D eigenvalue weighted by atomic mass is 9.83. The summed E-state index contributed by atoms with van der Waals surface area (Å²) in [6, 6.07) is 21.2. The molecule has 0 spiro atoms. The Hall–Kier alpha value is -2.90. The first kappa shape index (κ1) is 30.1. The molecule has 4 fully saturated rings. The monoisotopic (exact) mass is 586 g/mol. The van der Waals surface area contributed by atoms with Gasteiger partial charge in [-0.2, -0.15) is 0 Å². The van der Waals surface area contributed by atoms with E-state index in [2.05, 4.69) is 69.4 Å². The smallest absolute Gasteiger partial charge is 0.321 e. The quantitative estimate of drug-likeness (QED) is 0.367. The molecule has 2 N–H and O–H groups in total. The van der Waals surface area contributed by atoms with Crippen LogP contribution in [0.3, 0.4) is 0 Å². The number of aliphatic carboxylic acids is 1. The molecule has 0 bridgehead atoms. The van der Waals surface area contributed by atoms with Gasteiger partial charge < -0.3 is 20.2 Å². The highest BCUT2D eigenvalue weighted by atomic mass is 16.4. The summed E-state index contributed by atoms with van der Waals surface area (Å²) in [6.45, 7) is 7.44. The van der Waals surface area contributed by atoms with Crippen LogP contribution in [0.1, 0.15) is 75.3 Å². The molecule has 2 unspecified atom stereocenters. The van der Waals surface area contributed by atoms with Gasteiger partial charge in [-0.25, -0.2) is 4.79 Å². The lowest BCUT2D eigenvalue weighted by Crippen LogP contribution is -2.52. The molecule has 5 atom stereocenters. The number of likely N-dealkylation sites (tertiary alicyclic amines) is 2. The molecular formula is C36H50N4O3. The Labute approximate surface area is 257 Å². The molecule has 6 rings (SSSR count). The second kappa shape index (κ2) is 13.8. The van der Waals surface area contributed by atoms with Crippen LogP contribution in [0.4, 0.5) is 4.79 Å². The van der Waals surface area contributed by atoms with E-state index in [1.807, 2.05) is 18.2 Å². The Bertz CT molecular complexity index is 1200. The maximum atomic E-state index is 13.4. The number of amides is 2. The molecule has 7 heteroatoms. The number of nitrogens with zero attached hydrogens (tertiary/aromatic N) is 3. The van der Waals surface area contributed by atoms with E-state index in [9.17, 15) is 14.7 Å². The van der Waals surface area contributed by atoms with Gasteiger partial charge in [0.25, 0.3) is 0 Å². The SMILES string of the molecule is CC1CC1N(C(=O)NCc1ccccc1)C1CCN(C[C@H]2CN([C@@H](C(=O)O)C3CCCCC3)C[C@@H]2c2ccccc2)CC1. The van der Waals surface area contributed by atoms with Crippen LogP contribution in [0.15, 0.2) is 60.7 Å². The van der Waals surface area contributed by atoms with E-state index >= 15 is 0 Å². The average molecular weight is 587 g/mol. The summed E-state index contributed by atoms with van der Waals surface area (Å²) < 4.78 is 0. The zero-order valence-electron chi connectivity index (χ0n) is 25.8. The maximum Gasteiger partial charge on any atom is 0.321 e. The topological polar surface area (TPSA) is 76.1 Å². The average Bonchev–Trinajstić information content (AvgIpc) is 3.60. The van der Waals surface area contributed by atoms with Crippen molar-refractivity contribution in [3.8, 4) is 0 Å². The fourth-order valence-electron chi connectivity index (χ4n) is 8.35. The van der Waals surface area contributed by atoms with E-state index in [0.29, 0.717) is 30.3 Å². The van der Waals surface area contributed by atoms with Gasteiger partial charge in [-0.3, -0.25) is 9.69 Å². The van der Waals surface area contributed by atoms with Crippen molar-refractivity contribution in [3.05, 3.63) is 71.8 Å². The summed E-state index contributed by atoms with van der Waals surface area (Å²) >= 11 is 0. The van der Waals surface area contributed by atoms with Crippen LogP contribution < -0.4 is 5.32 Å². The molecule has 2 amide bonds. The third-order valence-corrected chi connectivity index (χ3v) is 10.8. The maximum absolute atomic E-state index is 13.4. The number of rotatable bonds is 10. The van der Waals surface area contributed by atoms with Crippen molar-refractivity contribution >= 4 is 12.0 Å². The highest BCUT2D eigenvalue weighted by Gasteiger charge is 2.46.